The molecular weight excluding hydrogens is 216 g/mol. The average Bonchev–Trinajstić information content (AvgIpc) is 2.29. The smallest absolute Gasteiger partial charge is 0.242 e. The highest BCUT2D eigenvalue weighted by atomic mass is 16.5. The lowest BCUT2D eigenvalue weighted by Crippen LogP contribution is -2.10. The van der Waals surface area contributed by atoms with Gasteiger partial charge in [0.1, 0.15) is 12.0 Å². The van der Waals surface area contributed by atoms with Crippen molar-refractivity contribution in [2.24, 2.45) is 5.92 Å². The Kier molecular flexibility index (Phi) is 5.52. The van der Waals surface area contributed by atoms with Gasteiger partial charge in [-0.05, 0) is 18.8 Å². The van der Waals surface area contributed by atoms with Gasteiger partial charge in [0.25, 0.3) is 0 Å². The standard InChI is InChI=1S/C12H22N4O/c1-4-7-17-12-10(13)11(15-8-16-12)14-6-5-9(2)3/h8-9H,4-7,13H2,1-3H3,(H,14,15,16). The molecular formula is C12H22N4O. The summed E-state index contributed by atoms with van der Waals surface area (Å²) < 4.78 is 5.44. The van der Waals surface area contributed by atoms with Crippen LogP contribution in [0.1, 0.15) is 33.6 Å². The molecule has 0 saturated carbocycles. The highest BCUT2D eigenvalue weighted by Crippen LogP contribution is 2.24. The van der Waals surface area contributed by atoms with E-state index < -0.39 is 0 Å². The fourth-order valence-electron chi connectivity index (χ4n) is 1.31. The Morgan fingerprint density at radius 3 is 2.82 bits per heavy atom. The molecule has 96 valence electrons. The summed E-state index contributed by atoms with van der Waals surface area (Å²) in [5.41, 5.74) is 6.42. The summed E-state index contributed by atoms with van der Waals surface area (Å²) in [5, 5.41) is 3.20. The minimum absolute atomic E-state index is 0.467. The van der Waals surface area contributed by atoms with E-state index in [1.54, 1.807) is 0 Å². The predicted molar refractivity (Wildman–Crippen MR) is 70.2 cm³/mol. The van der Waals surface area contributed by atoms with Gasteiger partial charge in [0.05, 0.1) is 6.61 Å². The Labute approximate surface area is 103 Å². The van der Waals surface area contributed by atoms with Crippen LogP contribution in [0.5, 0.6) is 5.88 Å². The Bertz CT molecular complexity index is 341. The van der Waals surface area contributed by atoms with E-state index in [4.69, 9.17) is 10.5 Å². The van der Waals surface area contributed by atoms with Crippen molar-refractivity contribution in [2.45, 2.75) is 33.6 Å². The number of nitrogen functional groups attached to an aromatic ring is 1. The van der Waals surface area contributed by atoms with Crippen LogP contribution in [0.3, 0.4) is 0 Å². The molecule has 0 fully saturated rings. The van der Waals surface area contributed by atoms with E-state index in [9.17, 15) is 0 Å². The summed E-state index contributed by atoms with van der Waals surface area (Å²) in [4.78, 5) is 8.14. The summed E-state index contributed by atoms with van der Waals surface area (Å²) in [6.45, 7) is 7.87. The van der Waals surface area contributed by atoms with Crippen molar-refractivity contribution in [1.82, 2.24) is 9.97 Å². The second-order valence-electron chi connectivity index (χ2n) is 4.40. The van der Waals surface area contributed by atoms with Gasteiger partial charge in [0.15, 0.2) is 5.82 Å². The number of ether oxygens (including phenoxy) is 1. The third-order valence-corrected chi connectivity index (χ3v) is 2.30. The van der Waals surface area contributed by atoms with Crippen molar-refractivity contribution in [3.8, 4) is 5.88 Å². The van der Waals surface area contributed by atoms with Crippen LogP contribution in [0, 0.1) is 5.92 Å². The molecule has 1 aromatic rings. The molecule has 0 bridgehead atoms. The van der Waals surface area contributed by atoms with Crippen LogP contribution in [-0.4, -0.2) is 23.1 Å². The third kappa shape index (κ3) is 4.46. The largest absolute Gasteiger partial charge is 0.476 e. The molecule has 1 rings (SSSR count). The Morgan fingerprint density at radius 2 is 2.18 bits per heavy atom. The first-order valence-corrected chi connectivity index (χ1v) is 6.12. The maximum atomic E-state index is 5.93. The highest BCUT2D eigenvalue weighted by molar-refractivity contribution is 5.66. The first kappa shape index (κ1) is 13.5. The van der Waals surface area contributed by atoms with Crippen LogP contribution in [0.4, 0.5) is 11.5 Å². The van der Waals surface area contributed by atoms with Gasteiger partial charge in [0, 0.05) is 6.54 Å². The zero-order valence-corrected chi connectivity index (χ0v) is 10.9. The molecule has 0 aromatic carbocycles. The lowest BCUT2D eigenvalue weighted by molar-refractivity contribution is 0.306. The fourth-order valence-corrected chi connectivity index (χ4v) is 1.31. The molecule has 5 heteroatoms. The van der Waals surface area contributed by atoms with Crippen LogP contribution in [0.15, 0.2) is 6.33 Å². The van der Waals surface area contributed by atoms with Crippen molar-refractivity contribution in [3.05, 3.63) is 6.33 Å². The fraction of sp³-hybridized carbons (Fsp3) is 0.667. The third-order valence-electron chi connectivity index (χ3n) is 2.30. The van der Waals surface area contributed by atoms with Gasteiger partial charge in [-0.1, -0.05) is 20.8 Å². The molecule has 0 aliphatic rings. The van der Waals surface area contributed by atoms with Crippen molar-refractivity contribution < 1.29 is 4.74 Å². The van der Waals surface area contributed by atoms with E-state index in [1.807, 2.05) is 6.92 Å². The molecule has 0 aliphatic carbocycles. The van der Waals surface area contributed by atoms with E-state index in [1.165, 1.54) is 6.33 Å². The average molecular weight is 238 g/mol. The molecule has 0 amide bonds. The van der Waals surface area contributed by atoms with Crippen LogP contribution >= 0.6 is 0 Å². The Morgan fingerprint density at radius 1 is 1.41 bits per heavy atom. The zero-order valence-electron chi connectivity index (χ0n) is 10.9. The van der Waals surface area contributed by atoms with Crippen LogP contribution in [0.25, 0.3) is 0 Å². The van der Waals surface area contributed by atoms with Gasteiger partial charge in [0.2, 0.25) is 5.88 Å². The van der Waals surface area contributed by atoms with Gasteiger partial charge >= 0.3 is 0 Å². The number of anilines is 2. The number of aromatic nitrogens is 2. The molecule has 0 spiro atoms. The Hall–Kier alpha value is -1.52. The van der Waals surface area contributed by atoms with E-state index in [0.29, 0.717) is 29.9 Å². The lowest BCUT2D eigenvalue weighted by atomic mass is 10.1. The maximum Gasteiger partial charge on any atom is 0.242 e. The number of nitrogens with two attached hydrogens (primary N) is 1. The molecule has 5 nitrogen and oxygen atoms in total. The second kappa shape index (κ2) is 6.93. The zero-order chi connectivity index (χ0) is 12.7. The number of nitrogens with zero attached hydrogens (tertiary/aromatic N) is 2. The highest BCUT2D eigenvalue weighted by Gasteiger charge is 2.08. The van der Waals surface area contributed by atoms with E-state index in [2.05, 4.69) is 29.1 Å². The molecule has 17 heavy (non-hydrogen) atoms. The number of hydrogen-bond acceptors (Lipinski definition) is 5. The van der Waals surface area contributed by atoms with Gasteiger partial charge in [-0.25, -0.2) is 4.98 Å². The SMILES string of the molecule is CCCOc1ncnc(NCCC(C)C)c1N. The summed E-state index contributed by atoms with van der Waals surface area (Å²) >= 11 is 0. The molecule has 1 heterocycles. The topological polar surface area (TPSA) is 73.1 Å². The van der Waals surface area contributed by atoms with Crippen LogP contribution in [-0.2, 0) is 0 Å². The van der Waals surface area contributed by atoms with Gasteiger partial charge in [-0.2, -0.15) is 4.98 Å². The molecule has 0 unspecified atom stereocenters. The molecule has 0 saturated heterocycles. The molecule has 0 aliphatic heterocycles. The number of nitrogens with one attached hydrogen (secondary N) is 1. The molecule has 0 atom stereocenters. The Balaban J connectivity index is 2.59. The summed E-state index contributed by atoms with van der Waals surface area (Å²) in [5.74, 6) is 1.78. The number of hydrogen-bond donors (Lipinski definition) is 2. The first-order chi connectivity index (χ1) is 8.15. The van der Waals surface area contributed by atoms with Gasteiger partial charge in [-0.3, -0.25) is 0 Å². The van der Waals surface area contributed by atoms with Crippen molar-refractivity contribution in [1.29, 1.82) is 0 Å². The minimum Gasteiger partial charge on any atom is -0.476 e. The lowest BCUT2D eigenvalue weighted by Gasteiger charge is -2.12. The van der Waals surface area contributed by atoms with Crippen molar-refractivity contribution >= 4 is 11.5 Å². The van der Waals surface area contributed by atoms with E-state index in [0.717, 1.165) is 19.4 Å². The van der Waals surface area contributed by atoms with Crippen LogP contribution < -0.4 is 15.8 Å². The molecule has 0 radical (unpaired) electrons. The van der Waals surface area contributed by atoms with E-state index in [-0.39, 0.29) is 0 Å². The summed E-state index contributed by atoms with van der Waals surface area (Å²) in [6, 6.07) is 0. The van der Waals surface area contributed by atoms with Crippen molar-refractivity contribution in [2.75, 3.05) is 24.2 Å². The van der Waals surface area contributed by atoms with Crippen molar-refractivity contribution in [3.63, 3.8) is 0 Å². The quantitative estimate of drug-likeness (QED) is 0.762. The summed E-state index contributed by atoms with van der Waals surface area (Å²) in [6.07, 6.45) is 3.48. The molecule has 3 N–H and O–H groups in total. The van der Waals surface area contributed by atoms with E-state index >= 15 is 0 Å². The summed E-state index contributed by atoms with van der Waals surface area (Å²) in [7, 11) is 0. The normalized spacial score (nSPS) is 10.6. The minimum atomic E-state index is 0.467. The van der Waals surface area contributed by atoms with Crippen LogP contribution in [0.2, 0.25) is 0 Å². The molecule has 1 aromatic heterocycles. The maximum absolute atomic E-state index is 5.93. The monoisotopic (exact) mass is 238 g/mol. The van der Waals surface area contributed by atoms with Gasteiger partial charge < -0.3 is 15.8 Å². The first-order valence-electron chi connectivity index (χ1n) is 6.12. The predicted octanol–water partition coefficient (Wildman–Crippen LogP) is 2.31. The number of rotatable bonds is 7. The second-order valence-corrected chi connectivity index (χ2v) is 4.40. The van der Waals surface area contributed by atoms with Gasteiger partial charge in [-0.15, -0.1) is 0 Å².